The van der Waals surface area contributed by atoms with Gasteiger partial charge in [-0.15, -0.1) is 10.2 Å². The summed E-state index contributed by atoms with van der Waals surface area (Å²) < 4.78 is 0. The minimum atomic E-state index is -0.728. The second kappa shape index (κ2) is 7.67. The van der Waals surface area contributed by atoms with Gasteiger partial charge in [-0.25, -0.2) is 4.79 Å². The minimum absolute atomic E-state index is 0.123. The molecule has 0 aliphatic rings. The van der Waals surface area contributed by atoms with Gasteiger partial charge in [-0.1, -0.05) is 30.3 Å². The average molecular weight is 340 g/mol. The Bertz CT molecular complexity index is 776. The van der Waals surface area contributed by atoms with Gasteiger partial charge in [0, 0.05) is 12.1 Å². The highest BCUT2D eigenvalue weighted by Gasteiger charge is 2.10. The Morgan fingerprint density at radius 3 is 2.62 bits per heavy atom. The number of rotatable bonds is 5. The van der Waals surface area contributed by atoms with Crippen LogP contribution in [0.3, 0.4) is 0 Å². The third-order valence-electron chi connectivity index (χ3n) is 3.36. The second-order valence-corrected chi connectivity index (χ2v) is 5.86. The minimum Gasteiger partial charge on any atom is -0.387 e. The largest absolute Gasteiger partial charge is 0.387 e. The van der Waals surface area contributed by atoms with E-state index in [-0.39, 0.29) is 6.54 Å². The first kappa shape index (κ1) is 16.1. The molecule has 0 saturated carbocycles. The lowest BCUT2D eigenvalue weighted by molar-refractivity contribution is 0.175. The number of carbonyl (C=O) groups excluding carboxylic acids is 1. The van der Waals surface area contributed by atoms with Gasteiger partial charge in [-0.3, -0.25) is 5.32 Å². The summed E-state index contributed by atoms with van der Waals surface area (Å²) >= 11 is 1.50. The van der Waals surface area contributed by atoms with Crippen molar-refractivity contribution in [3.8, 4) is 11.3 Å². The van der Waals surface area contributed by atoms with Crippen LogP contribution in [-0.2, 0) is 0 Å². The number of aromatic nitrogens is 2. The zero-order valence-corrected chi connectivity index (χ0v) is 13.5. The van der Waals surface area contributed by atoms with Crippen LogP contribution in [0.4, 0.5) is 10.6 Å². The highest BCUT2D eigenvalue weighted by atomic mass is 32.1. The molecule has 1 aromatic carbocycles. The zero-order valence-electron chi connectivity index (χ0n) is 12.7. The maximum absolute atomic E-state index is 11.8. The average Bonchev–Trinajstić information content (AvgIpc) is 3.16. The lowest BCUT2D eigenvalue weighted by Gasteiger charge is -2.11. The third-order valence-corrected chi connectivity index (χ3v) is 4.06. The maximum atomic E-state index is 11.8. The van der Waals surface area contributed by atoms with Gasteiger partial charge in [-0.05, 0) is 34.5 Å². The summed E-state index contributed by atoms with van der Waals surface area (Å²) in [6, 6.07) is 14.5. The Balaban J connectivity index is 1.53. The molecule has 0 saturated heterocycles. The topological polar surface area (TPSA) is 87.1 Å². The van der Waals surface area contributed by atoms with E-state index < -0.39 is 12.1 Å². The number of aliphatic hydroxyl groups excluding tert-OH is 1. The highest BCUT2D eigenvalue weighted by molar-refractivity contribution is 7.07. The van der Waals surface area contributed by atoms with Gasteiger partial charge in [0.25, 0.3) is 0 Å². The SMILES string of the molecule is O=C(NCC(O)c1ccsc1)Nc1ccc(-c2ccccc2)nn1. The second-order valence-electron chi connectivity index (χ2n) is 5.08. The molecule has 3 aromatic rings. The molecule has 3 N–H and O–H groups in total. The van der Waals surface area contributed by atoms with Crippen LogP contribution in [0.1, 0.15) is 11.7 Å². The summed E-state index contributed by atoms with van der Waals surface area (Å²) in [4.78, 5) is 11.8. The standard InChI is InChI=1S/C17H16N4O2S/c22-15(13-8-9-24-11-13)10-18-17(23)19-16-7-6-14(20-21-16)12-4-2-1-3-5-12/h1-9,11,15,22H,10H2,(H2,18,19,21,23). The van der Waals surface area contributed by atoms with Crippen molar-refractivity contribution in [2.24, 2.45) is 0 Å². The molecule has 3 rings (SSSR count). The van der Waals surface area contributed by atoms with E-state index >= 15 is 0 Å². The van der Waals surface area contributed by atoms with E-state index in [1.807, 2.05) is 47.2 Å². The molecule has 0 aliphatic heterocycles. The van der Waals surface area contributed by atoms with E-state index in [4.69, 9.17) is 0 Å². The number of anilines is 1. The molecule has 1 unspecified atom stereocenters. The van der Waals surface area contributed by atoms with E-state index in [1.165, 1.54) is 11.3 Å². The molecule has 2 aromatic heterocycles. The highest BCUT2D eigenvalue weighted by Crippen LogP contribution is 2.17. The van der Waals surface area contributed by atoms with Crippen LogP contribution in [0.5, 0.6) is 0 Å². The Labute approximate surface area is 143 Å². The van der Waals surface area contributed by atoms with Gasteiger partial charge in [0.15, 0.2) is 5.82 Å². The molecule has 122 valence electrons. The van der Waals surface area contributed by atoms with Crippen molar-refractivity contribution in [1.29, 1.82) is 0 Å². The summed E-state index contributed by atoms with van der Waals surface area (Å²) in [5, 5.41) is 26.9. The summed E-state index contributed by atoms with van der Waals surface area (Å²) in [5.74, 6) is 0.345. The van der Waals surface area contributed by atoms with Crippen molar-refractivity contribution in [2.45, 2.75) is 6.10 Å². The molecule has 0 spiro atoms. The van der Waals surface area contributed by atoms with E-state index in [0.717, 1.165) is 16.8 Å². The van der Waals surface area contributed by atoms with Crippen molar-refractivity contribution >= 4 is 23.2 Å². The quantitative estimate of drug-likeness (QED) is 0.666. The number of hydrogen-bond donors (Lipinski definition) is 3. The van der Waals surface area contributed by atoms with Gasteiger partial charge in [-0.2, -0.15) is 11.3 Å². The number of nitrogens with one attached hydrogen (secondary N) is 2. The van der Waals surface area contributed by atoms with Crippen LogP contribution >= 0.6 is 11.3 Å². The molecular weight excluding hydrogens is 324 g/mol. The van der Waals surface area contributed by atoms with Crippen molar-refractivity contribution < 1.29 is 9.90 Å². The van der Waals surface area contributed by atoms with E-state index in [2.05, 4.69) is 20.8 Å². The van der Waals surface area contributed by atoms with E-state index in [0.29, 0.717) is 5.82 Å². The smallest absolute Gasteiger partial charge is 0.320 e. The van der Waals surface area contributed by atoms with Gasteiger partial charge < -0.3 is 10.4 Å². The molecule has 2 amide bonds. The van der Waals surface area contributed by atoms with Gasteiger partial charge in [0.05, 0.1) is 11.8 Å². The van der Waals surface area contributed by atoms with Crippen molar-refractivity contribution in [3.05, 3.63) is 64.9 Å². The Hall–Kier alpha value is -2.77. The number of aliphatic hydroxyl groups is 1. The van der Waals surface area contributed by atoms with Crippen molar-refractivity contribution in [3.63, 3.8) is 0 Å². The Morgan fingerprint density at radius 1 is 1.12 bits per heavy atom. The normalized spacial score (nSPS) is 11.7. The van der Waals surface area contributed by atoms with Crippen molar-refractivity contribution in [1.82, 2.24) is 15.5 Å². The lowest BCUT2D eigenvalue weighted by atomic mass is 10.1. The molecule has 24 heavy (non-hydrogen) atoms. The molecule has 1 atom stereocenters. The van der Waals surface area contributed by atoms with Crippen LogP contribution in [0, 0.1) is 0 Å². The summed E-state index contributed by atoms with van der Waals surface area (Å²) in [6.07, 6.45) is -0.728. The summed E-state index contributed by atoms with van der Waals surface area (Å²) in [7, 11) is 0. The fourth-order valence-corrected chi connectivity index (χ4v) is 2.80. The first-order valence-corrected chi connectivity index (χ1v) is 8.31. The van der Waals surface area contributed by atoms with Crippen LogP contribution in [0.25, 0.3) is 11.3 Å². The van der Waals surface area contributed by atoms with Gasteiger partial charge in [0.1, 0.15) is 0 Å². The number of benzene rings is 1. The molecule has 0 radical (unpaired) electrons. The van der Waals surface area contributed by atoms with E-state index in [9.17, 15) is 9.90 Å². The molecule has 6 nitrogen and oxygen atoms in total. The Kier molecular flexibility index (Phi) is 5.15. The summed E-state index contributed by atoms with van der Waals surface area (Å²) in [5.41, 5.74) is 2.47. The predicted molar refractivity (Wildman–Crippen MR) is 93.8 cm³/mol. The molecule has 0 bridgehead atoms. The third kappa shape index (κ3) is 4.15. The molecule has 2 heterocycles. The van der Waals surface area contributed by atoms with Crippen molar-refractivity contribution in [2.75, 3.05) is 11.9 Å². The van der Waals surface area contributed by atoms with Crippen LogP contribution < -0.4 is 10.6 Å². The number of hydrogen-bond acceptors (Lipinski definition) is 5. The Morgan fingerprint density at radius 2 is 1.96 bits per heavy atom. The maximum Gasteiger partial charge on any atom is 0.320 e. The van der Waals surface area contributed by atoms with Gasteiger partial charge >= 0.3 is 6.03 Å². The van der Waals surface area contributed by atoms with Crippen LogP contribution in [0.2, 0.25) is 0 Å². The van der Waals surface area contributed by atoms with Crippen LogP contribution in [-0.4, -0.2) is 27.9 Å². The summed E-state index contributed by atoms with van der Waals surface area (Å²) in [6.45, 7) is 0.123. The number of urea groups is 1. The molecule has 7 heteroatoms. The van der Waals surface area contributed by atoms with Gasteiger partial charge in [0.2, 0.25) is 0 Å². The number of nitrogens with zero attached hydrogens (tertiary/aromatic N) is 2. The fraction of sp³-hybridized carbons (Fsp3) is 0.118. The first-order chi connectivity index (χ1) is 11.7. The monoisotopic (exact) mass is 340 g/mol. The number of amides is 2. The fourth-order valence-electron chi connectivity index (χ4n) is 2.09. The lowest BCUT2D eigenvalue weighted by Crippen LogP contribution is -2.32. The number of carbonyl (C=O) groups is 1. The molecule has 0 fully saturated rings. The zero-order chi connectivity index (χ0) is 16.8. The molecule has 0 aliphatic carbocycles. The predicted octanol–water partition coefficient (Wildman–Crippen LogP) is 3.06. The first-order valence-electron chi connectivity index (χ1n) is 7.36. The van der Waals surface area contributed by atoms with E-state index in [1.54, 1.807) is 12.1 Å². The molecular formula is C17H16N4O2S. The van der Waals surface area contributed by atoms with Crippen LogP contribution in [0.15, 0.2) is 59.3 Å². The number of thiophene rings is 1.